The van der Waals surface area contributed by atoms with Crippen LogP contribution in [0.1, 0.15) is 34.5 Å². The van der Waals surface area contributed by atoms with Crippen LogP contribution in [0.5, 0.6) is 0 Å². The lowest BCUT2D eigenvalue weighted by molar-refractivity contribution is 0.0771. The standard InChI is InChI=1S/C23H26N4O/c1-18-21(8-7-20-13-24-17-27(18)20)22(28)26-12-10-23(16-26)9-11-25(15-23)14-19-5-3-2-4-6-19/h2-8,13,17H,9-12,14-16H2,1H3. The van der Waals surface area contributed by atoms with Crippen molar-refractivity contribution in [3.05, 3.63) is 71.8 Å². The number of benzene rings is 1. The highest BCUT2D eigenvalue weighted by molar-refractivity contribution is 5.96. The summed E-state index contributed by atoms with van der Waals surface area (Å²) < 4.78 is 2.00. The summed E-state index contributed by atoms with van der Waals surface area (Å²) in [5.41, 5.74) is 4.42. The second-order valence-electron chi connectivity index (χ2n) is 8.44. The first-order valence-corrected chi connectivity index (χ1v) is 10.1. The maximum absolute atomic E-state index is 13.2. The number of aryl methyl sites for hydroxylation is 1. The minimum Gasteiger partial charge on any atom is -0.338 e. The normalized spacial score (nSPS) is 22.5. The Labute approximate surface area is 165 Å². The smallest absolute Gasteiger partial charge is 0.255 e. The predicted octanol–water partition coefficient (Wildman–Crippen LogP) is 3.38. The molecule has 1 spiro atoms. The van der Waals surface area contributed by atoms with Crippen LogP contribution in [0, 0.1) is 12.3 Å². The van der Waals surface area contributed by atoms with Crippen molar-refractivity contribution in [1.82, 2.24) is 19.2 Å². The molecule has 4 heterocycles. The molecule has 0 radical (unpaired) electrons. The number of aromatic nitrogens is 2. The van der Waals surface area contributed by atoms with Gasteiger partial charge in [0.05, 0.1) is 23.6 Å². The van der Waals surface area contributed by atoms with E-state index in [2.05, 4.69) is 45.1 Å². The highest BCUT2D eigenvalue weighted by atomic mass is 16.2. The number of hydrogen-bond acceptors (Lipinski definition) is 3. The number of hydrogen-bond donors (Lipinski definition) is 0. The molecule has 3 aromatic rings. The molecule has 0 N–H and O–H groups in total. The van der Waals surface area contributed by atoms with Gasteiger partial charge in [0.15, 0.2) is 0 Å². The molecule has 144 valence electrons. The van der Waals surface area contributed by atoms with Gasteiger partial charge in [-0.15, -0.1) is 0 Å². The van der Waals surface area contributed by atoms with Crippen LogP contribution in [0.25, 0.3) is 5.52 Å². The Balaban J connectivity index is 1.29. The summed E-state index contributed by atoms with van der Waals surface area (Å²) in [4.78, 5) is 22.0. The summed E-state index contributed by atoms with van der Waals surface area (Å²) in [5.74, 6) is 0.159. The first-order chi connectivity index (χ1) is 13.6. The van der Waals surface area contributed by atoms with E-state index in [0.717, 1.165) is 55.9 Å². The van der Waals surface area contributed by atoms with Crippen molar-refractivity contribution in [3.8, 4) is 0 Å². The highest BCUT2D eigenvalue weighted by Gasteiger charge is 2.44. The van der Waals surface area contributed by atoms with Gasteiger partial charge >= 0.3 is 0 Å². The Bertz CT molecular complexity index is 1010. The van der Waals surface area contributed by atoms with Crippen LogP contribution >= 0.6 is 0 Å². The third kappa shape index (κ3) is 3.00. The number of imidazole rings is 1. The Morgan fingerprint density at radius 1 is 1.07 bits per heavy atom. The van der Waals surface area contributed by atoms with E-state index in [1.807, 2.05) is 29.7 Å². The first kappa shape index (κ1) is 17.4. The Hall–Kier alpha value is -2.66. The van der Waals surface area contributed by atoms with E-state index in [1.54, 1.807) is 6.33 Å². The Kier molecular flexibility index (Phi) is 4.20. The largest absolute Gasteiger partial charge is 0.338 e. The van der Waals surface area contributed by atoms with Crippen molar-refractivity contribution in [3.63, 3.8) is 0 Å². The van der Waals surface area contributed by atoms with E-state index >= 15 is 0 Å². The SMILES string of the molecule is Cc1c(C(=O)N2CCC3(CCN(Cc4ccccc4)C3)C2)ccc2cncn12. The fourth-order valence-corrected chi connectivity index (χ4v) is 4.97. The van der Waals surface area contributed by atoms with Crippen molar-refractivity contribution in [2.75, 3.05) is 26.2 Å². The topological polar surface area (TPSA) is 40.9 Å². The molecule has 0 bridgehead atoms. The van der Waals surface area contributed by atoms with Crippen LogP contribution in [-0.4, -0.2) is 51.3 Å². The number of carbonyl (C=O) groups excluding carboxylic acids is 1. The van der Waals surface area contributed by atoms with Crippen LogP contribution in [0.2, 0.25) is 0 Å². The van der Waals surface area contributed by atoms with E-state index in [1.165, 1.54) is 12.0 Å². The van der Waals surface area contributed by atoms with Gasteiger partial charge < -0.3 is 9.30 Å². The molecule has 28 heavy (non-hydrogen) atoms. The lowest BCUT2D eigenvalue weighted by Crippen LogP contribution is -2.34. The van der Waals surface area contributed by atoms with Crippen LogP contribution in [0.15, 0.2) is 55.0 Å². The molecule has 5 rings (SSSR count). The van der Waals surface area contributed by atoms with E-state index in [-0.39, 0.29) is 11.3 Å². The van der Waals surface area contributed by atoms with Gasteiger partial charge in [-0.3, -0.25) is 9.69 Å². The number of pyridine rings is 1. The van der Waals surface area contributed by atoms with Gasteiger partial charge in [0.2, 0.25) is 0 Å². The minimum absolute atomic E-state index is 0.159. The maximum Gasteiger partial charge on any atom is 0.255 e. The van der Waals surface area contributed by atoms with Crippen molar-refractivity contribution in [2.24, 2.45) is 5.41 Å². The molecule has 0 saturated carbocycles. The molecule has 2 aliphatic heterocycles. The van der Waals surface area contributed by atoms with E-state index in [0.29, 0.717) is 0 Å². The van der Waals surface area contributed by atoms with Gasteiger partial charge in [-0.1, -0.05) is 30.3 Å². The van der Waals surface area contributed by atoms with Crippen molar-refractivity contribution in [2.45, 2.75) is 26.3 Å². The van der Waals surface area contributed by atoms with Crippen molar-refractivity contribution >= 4 is 11.4 Å². The summed E-state index contributed by atoms with van der Waals surface area (Å²) in [6.45, 7) is 6.96. The number of carbonyl (C=O) groups is 1. The number of nitrogens with zero attached hydrogens (tertiary/aromatic N) is 4. The first-order valence-electron chi connectivity index (χ1n) is 10.1. The second-order valence-corrected chi connectivity index (χ2v) is 8.44. The van der Waals surface area contributed by atoms with E-state index in [9.17, 15) is 4.79 Å². The van der Waals surface area contributed by atoms with Crippen LogP contribution in [0.3, 0.4) is 0 Å². The molecular weight excluding hydrogens is 348 g/mol. The molecule has 2 aromatic heterocycles. The molecule has 0 aliphatic carbocycles. The van der Waals surface area contributed by atoms with E-state index < -0.39 is 0 Å². The van der Waals surface area contributed by atoms with Gasteiger partial charge in [0.25, 0.3) is 5.91 Å². The fourth-order valence-electron chi connectivity index (χ4n) is 4.97. The Morgan fingerprint density at radius 3 is 2.75 bits per heavy atom. The quantitative estimate of drug-likeness (QED) is 0.706. The Morgan fingerprint density at radius 2 is 1.89 bits per heavy atom. The molecule has 5 heteroatoms. The summed E-state index contributed by atoms with van der Waals surface area (Å²) in [6.07, 6.45) is 5.90. The minimum atomic E-state index is 0.159. The van der Waals surface area contributed by atoms with Crippen LogP contribution in [-0.2, 0) is 6.54 Å². The fraction of sp³-hybridized carbons (Fsp3) is 0.391. The number of likely N-dealkylation sites (tertiary alicyclic amines) is 2. The van der Waals surface area contributed by atoms with Crippen LogP contribution in [0.4, 0.5) is 0 Å². The molecule has 1 aromatic carbocycles. The molecule has 1 atom stereocenters. The lowest BCUT2D eigenvalue weighted by Gasteiger charge is -2.25. The number of rotatable bonds is 3. The summed E-state index contributed by atoms with van der Waals surface area (Å²) >= 11 is 0. The van der Waals surface area contributed by atoms with Gasteiger partial charge in [-0.25, -0.2) is 4.98 Å². The average Bonchev–Trinajstić information content (AvgIpc) is 3.44. The molecule has 1 amide bonds. The van der Waals surface area contributed by atoms with Crippen LogP contribution < -0.4 is 0 Å². The van der Waals surface area contributed by atoms with Gasteiger partial charge in [0, 0.05) is 37.3 Å². The number of fused-ring (bicyclic) bond motifs is 1. The van der Waals surface area contributed by atoms with Gasteiger partial charge in [0.1, 0.15) is 0 Å². The molecule has 5 nitrogen and oxygen atoms in total. The zero-order valence-corrected chi connectivity index (χ0v) is 16.3. The molecule has 2 saturated heterocycles. The van der Waals surface area contributed by atoms with Crippen molar-refractivity contribution < 1.29 is 4.79 Å². The van der Waals surface area contributed by atoms with Crippen molar-refractivity contribution in [1.29, 1.82) is 0 Å². The zero-order chi connectivity index (χ0) is 19.1. The summed E-state index contributed by atoms with van der Waals surface area (Å²) in [6, 6.07) is 14.6. The zero-order valence-electron chi connectivity index (χ0n) is 16.3. The maximum atomic E-state index is 13.2. The summed E-state index contributed by atoms with van der Waals surface area (Å²) in [5, 5.41) is 0. The molecule has 1 unspecified atom stereocenters. The molecule has 2 fully saturated rings. The lowest BCUT2D eigenvalue weighted by atomic mass is 9.86. The molecule has 2 aliphatic rings. The monoisotopic (exact) mass is 374 g/mol. The summed E-state index contributed by atoms with van der Waals surface area (Å²) in [7, 11) is 0. The average molecular weight is 374 g/mol. The second kappa shape index (κ2) is 6.74. The molecular formula is C23H26N4O. The number of amides is 1. The van der Waals surface area contributed by atoms with Gasteiger partial charge in [-0.2, -0.15) is 0 Å². The highest BCUT2D eigenvalue weighted by Crippen LogP contribution is 2.40. The van der Waals surface area contributed by atoms with E-state index in [4.69, 9.17) is 0 Å². The van der Waals surface area contributed by atoms with Gasteiger partial charge in [-0.05, 0) is 44.0 Å². The predicted molar refractivity (Wildman–Crippen MR) is 109 cm³/mol. The third-order valence-electron chi connectivity index (χ3n) is 6.56. The third-order valence-corrected chi connectivity index (χ3v) is 6.56.